The van der Waals surface area contributed by atoms with Crippen LogP contribution in [0.15, 0.2) is 170 Å². The van der Waals surface area contributed by atoms with E-state index in [0.717, 1.165) is 44.4 Å². The number of pyridine rings is 1. The van der Waals surface area contributed by atoms with E-state index in [2.05, 4.69) is 62.2 Å². The normalized spacial score (nSPS) is 14.5. The zero-order valence-corrected chi connectivity index (χ0v) is 37.4. The second-order valence-electron chi connectivity index (χ2n) is 17.2. The first-order chi connectivity index (χ1) is 32.8. The minimum Gasteiger partial charge on any atom is -0.509 e. The number of anilines is 4. The van der Waals surface area contributed by atoms with Crippen molar-refractivity contribution >= 4 is 44.6 Å². The first-order valence-corrected chi connectivity index (χ1v) is 20.3. The number of hydrogen-bond acceptors (Lipinski definition) is 4. The summed E-state index contributed by atoms with van der Waals surface area (Å²) in [6, 6.07) is 44.1. The van der Waals surface area contributed by atoms with Crippen molar-refractivity contribution in [1.29, 1.82) is 0 Å². The molecule has 2 aromatic heterocycles. The number of para-hydroxylation sites is 4. The van der Waals surface area contributed by atoms with Crippen molar-refractivity contribution in [2.24, 2.45) is 0 Å². The molecule has 6 heteroatoms. The average molecular weight is 995 g/mol. The number of hydrogen-bond donors (Lipinski definition) is 0. The van der Waals surface area contributed by atoms with Crippen LogP contribution in [0.1, 0.15) is 63.6 Å². The summed E-state index contributed by atoms with van der Waals surface area (Å²) in [5.41, 5.74) is 7.45. The SMILES string of the molecule is [2H]c1nc(-n2c3[c-]c(Oc4[c-]c(N5[CH-]N(c6c(-c7ccc(C(C)(C)C)cc7)cccc6-c6c([2H])c([2H])c([2H])c([2H])c6[2H])c6ccccc65)ccc4)ccc3c3ccccc32)c([2H])c(C(C)(C)C)c1[2H].[Pt]. The molecular formula is C56H47N4OPt-3. The molecule has 0 aliphatic carbocycles. The maximum absolute atomic E-state index is 9.32. The van der Waals surface area contributed by atoms with E-state index < -0.39 is 23.5 Å². The molecule has 0 fully saturated rings. The van der Waals surface area contributed by atoms with Gasteiger partial charge in [0.1, 0.15) is 5.82 Å². The Labute approximate surface area is 390 Å². The van der Waals surface area contributed by atoms with Crippen molar-refractivity contribution in [1.82, 2.24) is 9.55 Å². The topological polar surface area (TPSA) is 33.5 Å². The summed E-state index contributed by atoms with van der Waals surface area (Å²) in [4.78, 5) is 8.51. The van der Waals surface area contributed by atoms with Crippen molar-refractivity contribution in [3.63, 3.8) is 0 Å². The van der Waals surface area contributed by atoms with Crippen LogP contribution in [0, 0.1) is 18.8 Å². The molecule has 0 saturated heterocycles. The van der Waals surface area contributed by atoms with Crippen LogP contribution in [-0.4, -0.2) is 9.55 Å². The van der Waals surface area contributed by atoms with Gasteiger partial charge in [0.05, 0.1) is 11.0 Å². The molecule has 62 heavy (non-hydrogen) atoms. The van der Waals surface area contributed by atoms with Crippen LogP contribution in [0.4, 0.5) is 22.7 Å². The Morgan fingerprint density at radius 3 is 2.00 bits per heavy atom. The van der Waals surface area contributed by atoms with Gasteiger partial charge in [-0.05, 0) is 68.8 Å². The van der Waals surface area contributed by atoms with E-state index >= 15 is 0 Å². The summed E-state index contributed by atoms with van der Waals surface area (Å²) in [5.74, 6) is 1.02. The van der Waals surface area contributed by atoms with Crippen LogP contribution in [0.25, 0.3) is 49.9 Å². The number of ether oxygens (including phenoxy) is 1. The summed E-state index contributed by atoms with van der Waals surface area (Å²) in [5, 5.41) is 1.77. The van der Waals surface area contributed by atoms with Crippen molar-refractivity contribution in [3.8, 4) is 39.6 Å². The molecule has 310 valence electrons. The van der Waals surface area contributed by atoms with E-state index in [9.17, 15) is 1.37 Å². The number of benzene rings is 7. The molecule has 0 unspecified atom stereocenters. The molecule has 7 aromatic carbocycles. The molecule has 0 bridgehead atoms. The van der Waals surface area contributed by atoms with Gasteiger partial charge in [-0.1, -0.05) is 150 Å². The summed E-state index contributed by atoms with van der Waals surface area (Å²) < 4.78 is 78.8. The Morgan fingerprint density at radius 2 is 1.26 bits per heavy atom. The maximum Gasteiger partial charge on any atom is 0.135 e. The molecule has 5 nitrogen and oxygen atoms in total. The number of fused-ring (bicyclic) bond motifs is 4. The zero-order valence-electron chi connectivity index (χ0n) is 43.1. The fourth-order valence-corrected chi connectivity index (χ4v) is 7.95. The van der Waals surface area contributed by atoms with E-state index in [-0.39, 0.29) is 68.2 Å². The largest absolute Gasteiger partial charge is 0.509 e. The van der Waals surface area contributed by atoms with Gasteiger partial charge in [0.2, 0.25) is 0 Å². The molecule has 3 heterocycles. The quantitative estimate of drug-likeness (QED) is 0.149. The standard InChI is InChI=1S/C56H47N4O.Pt/c1-55(2,3)40-28-26-39(27-29-40)46-22-15-21-45(38-16-8-7-9-17-38)54(46)59-37-58(50-24-12-13-25-51(50)59)42-18-14-19-43(35-42)61-44-30-31-48-47-20-10-11-23-49(47)60(52(48)36-44)53-34-41(32-33-57-53)56(4,5)6;/h7-34,37H,1-6H3;/q-3;/i7D,8D,9D,16D,17D,32D,33D,34D;. The van der Waals surface area contributed by atoms with Gasteiger partial charge in [-0.3, -0.25) is 0 Å². The fraction of sp³-hybridized carbons (Fsp3) is 0.143. The number of rotatable bonds is 7. The van der Waals surface area contributed by atoms with Crippen LogP contribution in [0.2, 0.25) is 0 Å². The van der Waals surface area contributed by atoms with Crippen molar-refractivity contribution in [3.05, 3.63) is 200 Å². The van der Waals surface area contributed by atoms with E-state index in [1.165, 1.54) is 0 Å². The van der Waals surface area contributed by atoms with Gasteiger partial charge in [0.15, 0.2) is 0 Å². The van der Waals surface area contributed by atoms with E-state index in [1.807, 2.05) is 139 Å². The summed E-state index contributed by atoms with van der Waals surface area (Å²) in [7, 11) is 0. The average Bonchev–Trinajstić information content (AvgIpc) is 3.87. The van der Waals surface area contributed by atoms with Gasteiger partial charge >= 0.3 is 0 Å². The second kappa shape index (κ2) is 16.1. The van der Waals surface area contributed by atoms with Crippen LogP contribution in [0.3, 0.4) is 0 Å². The van der Waals surface area contributed by atoms with Crippen LogP contribution in [0.5, 0.6) is 11.5 Å². The van der Waals surface area contributed by atoms with Gasteiger partial charge < -0.3 is 19.1 Å². The predicted molar refractivity (Wildman–Crippen MR) is 252 cm³/mol. The van der Waals surface area contributed by atoms with Crippen LogP contribution >= 0.6 is 0 Å². The van der Waals surface area contributed by atoms with Crippen molar-refractivity contribution in [2.75, 3.05) is 9.80 Å². The van der Waals surface area contributed by atoms with Gasteiger partial charge in [-0.25, -0.2) is 4.98 Å². The summed E-state index contributed by atoms with van der Waals surface area (Å²) in [6.45, 7) is 14.2. The fourth-order valence-electron chi connectivity index (χ4n) is 7.95. The third-order valence-electron chi connectivity index (χ3n) is 11.1. The van der Waals surface area contributed by atoms with Gasteiger partial charge in [-0.2, -0.15) is 12.1 Å². The second-order valence-corrected chi connectivity index (χ2v) is 17.2. The molecule has 0 spiro atoms. The molecule has 1 aliphatic heterocycles. The van der Waals surface area contributed by atoms with Gasteiger partial charge in [0, 0.05) is 72.4 Å². The maximum atomic E-state index is 9.32. The van der Waals surface area contributed by atoms with E-state index in [0.29, 0.717) is 39.5 Å². The summed E-state index contributed by atoms with van der Waals surface area (Å²) in [6.07, 6.45) is -0.210. The first-order valence-electron chi connectivity index (χ1n) is 24.3. The predicted octanol–water partition coefficient (Wildman–Crippen LogP) is 14.9. The van der Waals surface area contributed by atoms with E-state index in [4.69, 9.17) is 14.3 Å². The minimum absolute atomic E-state index is 0. The number of aromatic nitrogens is 2. The third-order valence-corrected chi connectivity index (χ3v) is 11.1. The van der Waals surface area contributed by atoms with Gasteiger partial charge in [0.25, 0.3) is 0 Å². The molecule has 0 radical (unpaired) electrons. The molecule has 0 amide bonds. The number of nitrogens with zero attached hydrogens (tertiary/aromatic N) is 4. The summed E-state index contributed by atoms with van der Waals surface area (Å²) >= 11 is 0. The Kier molecular flexibility index (Phi) is 8.40. The molecule has 10 rings (SSSR count). The molecule has 0 N–H and O–H groups in total. The third kappa shape index (κ3) is 7.49. The van der Waals surface area contributed by atoms with Crippen molar-refractivity contribution < 1.29 is 36.8 Å². The van der Waals surface area contributed by atoms with Crippen LogP contribution in [-0.2, 0) is 31.9 Å². The van der Waals surface area contributed by atoms with E-state index in [1.54, 1.807) is 0 Å². The Hall–Kier alpha value is -6.42. The van der Waals surface area contributed by atoms with Crippen molar-refractivity contribution in [2.45, 2.75) is 52.4 Å². The molecule has 0 atom stereocenters. The molecule has 1 aliphatic rings. The molecule has 0 saturated carbocycles. The Morgan fingerprint density at radius 1 is 0.597 bits per heavy atom. The zero-order chi connectivity index (χ0) is 48.8. The first kappa shape index (κ1) is 32.3. The Bertz CT molecular complexity index is 3520. The monoisotopic (exact) mass is 994 g/mol. The molecular weight excluding hydrogens is 940 g/mol. The smallest absolute Gasteiger partial charge is 0.135 e. The Balaban J connectivity index is 0.00000608. The minimum atomic E-state index is -0.585. The molecule has 9 aromatic rings. The van der Waals surface area contributed by atoms with Gasteiger partial charge in [-0.15, -0.1) is 48.1 Å². The van der Waals surface area contributed by atoms with Crippen LogP contribution < -0.4 is 14.5 Å².